The number of aromatic nitrogens is 1. The molecule has 2 aliphatic heterocycles. The van der Waals surface area contributed by atoms with Crippen molar-refractivity contribution in [2.45, 2.75) is 57.5 Å². The van der Waals surface area contributed by atoms with Crippen molar-refractivity contribution >= 4 is 11.8 Å². The van der Waals surface area contributed by atoms with Gasteiger partial charge in [0, 0.05) is 43.9 Å². The highest BCUT2D eigenvalue weighted by Crippen LogP contribution is 2.39. The fraction of sp³-hybridized carbons (Fsp3) is 0.458. The van der Waals surface area contributed by atoms with Crippen molar-refractivity contribution in [2.24, 2.45) is 0 Å². The molecule has 2 fully saturated rings. The number of rotatable bonds is 3. The minimum absolute atomic E-state index is 0.0181. The van der Waals surface area contributed by atoms with E-state index in [9.17, 15) is 14.0 Å². The van der Waals surface area contributed by atoms with Gasteiger partial charge in [-0.1, -0.05) is 12.1 Å². The lowest BCUT2D eigenvalue weighted by molar-refractivity contribution is -0.140. The Morgan fingerprint density at radius 3 is 2.80 bits per heavy atom. The van der Waals surface area contributed by atoms with E-state index in [1.54, 1.807) is 25.3 Å². The summed E-state index contributed by atoms with van der Waals surface area (Å²) in [6, 6.07) is 10.1. The monoisotopic (exact) mass is 409 g/mol. The number of piperidine rings is 2. The van der Waals surface area contributed by atoms with Crippen molar-refractivity contribution in [1.82, 2.24) is 14.8 Å². The first-order valence-corrected chi connectivity index (χ1v) is 10.7. The number of fused-ring (bicyclic) bond motifs is 1. The summed E-state index contributed by atoms with van der Waals surface area (Å²) >= 11 is 0. The third-order valence-electron chi connectivity index (χ3n) is 6.64. The van der Waals surface area contributed by atoms with E-state index in [2.05, 4.69) is 11.9 Å². The number of benzene rings is 1. The molecule has 1 aromatic heterocycles. The molecule has 0 radical (unpaired) electrons. The second-order valence-electron chi connectivity index (χ2n) is 8.63. The molecule has 30 heavy (non-hydrogen) atoms. The van der Waals surface area contributed by atoms with Gasteiger partial charge in [0.2, 0.25) is 5.91 Å². The van der Waals surface area contributed by atoms with Crippen LogP contribution in [0.15, 0.2) is 42.6 Å². The first-order chi connectivity index (χ1) is 14.4. The SMILES string of the molecule is CC(=O)N1CCC[C@@]2(C)[C@@H]1CCCN2C(=O)c1ccnc(Cc2cccc(F)c2)c1. The minimum Gasteiger partial charge on any atom is -0.338 e. The van der Waals surface area contributed by atoms with Crippen LogP contribution < -0.4 is 0 Å². The van der Waals surface area contributed by atoms with E-state index in [1.165, 1.54) is 12.1 Å². The molecule has 0 saturated carbocycles. The van der Waals surface area contributed by atoms with Gasteiger partial charge < -0.3 is 9.80 Å². The summed E-state index contributed by atoms with van der Waals surface area (Å²) in [5.41, 5.74) is 1.80. The van der Waals surface area contributed by atoms with Gasteiger partial charge in [-0.15, -0.1) is 0 Å². The average molecular weight is 410 g/mol. The molecule has 2 saturated heterocycles. The quantitative estimate of drug-likeness (QED) is 0.775. The maximum absolute atomic E-state index is 13.5. The summed E-state index contributed by atoms with van der Waals surface area (Å²) in [7, 11) is 0. The molecule has 0 bridgehead atoms. The lowest BCUT2D eigenvalue weighted by Crippen LogP contribution is -2.68. The van der Waals surface area contributed by atoms with Crippen LogP contribution in [0.5, 0.6) is 0 Å². The highest BCUT2D eigenvalue weighted by Gasteiger charge is 2.49. The molecule has 2 atom stereocenters. The van der Waals surface area contributed by atoms with Crippen molar-refractivity contribution in [2.75, 3.05) is 13.1 Å². The molecule has 2 aliphatic rings. The molecule has 0 aliphatic carbocycles. The van der Waals surface area contributed by atoms with Crippen molar-refractivity contribution in [3.05, 3.63) is 65.2 Å². The Kier molecular flexibility index (Phi) is 5.58. The Bertz CT molecular complexity index is 963. The van der Waals surface area contributed by atoms with Crippen LogP contribution in [-0.4, -0.2) is 51.3 Å². The number of carbonyl (C=O) groups is 2. The Labute approximate surface area is 176 Å². The van der Waals surface area contributed by atoms with E-state index >= 15 is 0 Å². The van der Waals surface area contributed by atoms with E-state index in [1.807, 2.05) is 21.9 Å². The van der Waals surface area contributed by atoms with Gasteiger partial charge in [-0.25, -0.2) is 4.39 Å². The zero-order chi connectivity index (χ0) is 21.3. The molecule has 2 aromatic rings. The number of amides is 2. The summed E-state index contributed by atoms with van der Waals surface area (Å²) in [6.45, 7) is 5.20. The van der Waals surface area contributed by atoms with Gasteiger partial charge in [0.1, 0.15) is 5.82 Å². The molecule has 2 amide bonds. The Morgan fingerprint density at radius 1 is 1.20 bits per heavy atom. The van der Waals surface area contributed by atoms with Crippen LogP contribution in [0, 0.1) is 5.82 Å². The second kappa shape index (κ2) is 8.17. The number of hydrogen-bond acceptors (Lipinski definition) is 3. The van der Waals surface area contributed by atoms with E-state index in [0.29, 0.717) is 18.5 Å². The molecule has 0 N–H and O–H groups in total. The van der Waals surface area contributed by atoms with E-state index in [-0.39, 0.29) is 29.2 Å². The van der Waals surface area contributed by atoms with Crippen LogP contribution in [-0.2, 0) is 11.2 Å². The molecule has 3 heterocycles. The Hall–Kier alpha value is -2.76. The summed E-state index contributed by atoms with van der Waals surface area (Å²) in [5.74, 6) is -0.212. The molecular weight excluding hydrogens is 381 g/mol. The Morgan fingerprint density at radius 2 is 2.03 bits per heavy atom. The topological polar surface area (TPSA) is 53.5 Å². The van der Waals surface area contributed by atoms with E-state index < -0.39 is 0 Å². The molecule has 158 valence electrons. The van der Waals surface area contributed by atoms with Crippen LogP contribution in [0.4, 0.5) is 4.39 Å². The summed E-state index contributed by atoms with van der Waals surface area (Å²) in [5, 5.41) is 0. The molecule has 4 rings (SSSR count). The van der Waals surface area contributed by atoms with Gasteiger partial charge >= 0.3 is 0 Å². The van der Waals surface area contributed by atoms with Gasteiger partial charge in [-0.2, -0.15) is 0 Å². The number of carbonyl (C=O) groups excluding carboxylic acids is 2. The number of halogens is 1. The van der Waals surface area contributed by atoms with E-state index in [0.717, 1.165) is 43.5 Å². The highest BCUT2D eigenvalue weighted by atomic mass is 19.1. The van der Waals surface area contributed by atoms with Crippen LogP contribution >= 0.6 is 0 Å². The normalized spacial score (nSPS) is 23.8. The zero-order valence-corrected chi connectivity index (χ0v) is 17.6. The lowest BCUT2D eigenvalue weighted by Gasteiger charge is -2.56. The number of likely N-dealkylation sites (tertiary alicyclic amines) is 2. The predicted molar refractivity (Wildman–Crippen MR) is 113 cm³/mol. The van der Waals surface area contributed by atoms with Crippen LogP contribution in [0.3, 0.4) is 0 Å². The largest absolute Gasteiger partial charge is 0.338 e. The van der Waals surface area contributed by atoms with Gasteiger partial charge in [0.25, 0.3) is 5.91 Å². The van der Waals surface area contributed by atoms with Gasteiger partial charge in [-0.3, -0.25) is 14.6 Å². The standard InChI is InChI=1S/C24H28FN3O2/c1-17(29)27-12-5-10-24(2)22(27)8-4-13-28(24)23(30)19-9-11-26-21(16-19)15-18-6-3-7-20(25)14-18/h3,6-7,9,11,14,16,22H,4-5,8,10,12-13,15H2,1-2H3/t22-,24-/m0/s1. The zero-order valence-electron chi connectivity index (χ0n) is 17.6. The number of nitrogens with zero attached hydrogens (tertiary/aromatic N) is 3. The maximum atomic E-state index is 13.5. The van der Waals surface area contributed by atoms with Crippen LogP contribution in [0.25, 0.3) is 0 Å². The first kappa shape index (κ1) is 20.5. The van der Waals surface area contributed by atoms with Gasteiger partial charge in [0.15, 0.2) is 0 Å². The number of hydrogen-bond donors (Lipinski definition) is 0. The third-order valence-corrected chi connectivity index (χ3v) is 6.64. The Balaban J connectivity index is 1.58. The molecule has 0 spiro atoms. The van der Waals surface area contributed by atoms with Crippen molar-refractivity contribution in [3.8, 4) is 0 Å². The number of pyridine rings is 1. The fourth-order valence-corrected chi connectivity index (χ4v) is 5.18. The molecule has 1 aromatic carbocycles. The highest BCUT2D eigenvalue weighted by molar-refractivity contribution is 5.95. The average Bonchev–Trinajstić information content (AvgIpc) is 2.72. The summed E-state index contributed by atoms with van der Waals surface area (Å²) < 4.78 is 13.5. The summed E-state index contributed by atoms with van der Waals surface area (Å²) in [6.07, 6.45) is 5.73. The summed E-state index contributed by atoms with van der Waals surface area (Å²) in [4.78, 5) is 34.0. The van der Waals surface area contributed by atoms with Gasteiger partial charge in [-0.05, 0) is 62.4 Å². The molecule has 6 heteroatoms. The first-order valence-electron chi connectivity index (χ1n) is 10.7. The fourth-order valence-electron chi connectivity index (χ4n) is 5.18. The second-order valence-corrected chi connectivity index (χ2v) is 8.63. The van der Waals surface area contributed by atoms with Crippen molar-refractivity contribution in [1.29, 1.82) is 0 Å². The van der Waals surface area contributed by atoms with Crippen LogP contribution in [0.2, 0.25) is 0 Å². The minimum atomic E-state index is -0.356. The third kappa shape index (κ3) is 3.83. The molecular formula is C24H28FN3O2. The maximum Gasteiger partial charge on any atom is 0.254 e. The van der Waals surface area contributed by atoms with Crippen LogP contribution in [0.1, 0.15) is 61.1 Å². The smallest absolute Gasteiger partial charge is 0.254 e. The van der Waals surface area contributed by atoms with Crippen molar-refractivity contribution in [3.63, 3.8) is 0 Å². The lowest BCUT2D eigenvalue weighted by atomic mass is 9.75. The van der Waals surface area contributed by atoms with E-state index in [4.69, 9.17) is 0 Å². The molecule has 0 unspecified atom stereocenters. The predicted octanol–water partition coefficient (Wildman–Crippen LogP) is 3.82. The van der Waals surface area contributed by atoms with Gasteiger partial charge in [0.05, 0.1) is 11.6 Å². The molecule has 5 nitrogen and oxygen atoms in total. The van der Waals surface area contributed by atoms with Crippen molar-refractivity contribution < 1.29 is 14.0 Å².